The number of hydrogen-bond acceptors (Lipinski definition) is 2. The van der Waals surface area contributed by atoms with E-state index in [-0.39, 0.29) is 11.8 Å². The highest BCUT2D eigenvalue weighted by Gasteiger charge is 2.01. The first-order chi connectivity index (χ1) is 5.66. The lowest BCUT2D eigenvalue weighted by Crippen LogP contribution is -2.27. The van der Waals surface area contributed by atoms with Crippen LogP contribution >= 0.6 is 0 Å². The van der Waals surface area contributed by atoms with E-state index < -0.39 is 0 Å². The van der Waals surface area contributed by atoms with Gasteiger partial charge < -0.3 is 0 Å². The summed E-state index contributed by atoms with van der Waals surface area (Å²) in [5.41, 5.74) is 0. The van der Waals surface area contributed by atoms with E-state index in [4.69, 9.17) is 0 Å². The van der Waals surface area contributed by atoms with Crippen molar-refractivity contribution in [2.45, 2.75) is 46.0 Å². The zero-order valence-electron chi connectivity index (χ0n) is 7.85. The Kier molecular flexibility index (Phi) is 6.34. The van der Waals surface area contributed by atoms with Crippen LogP contribution in [0.3, 0.4) is 0 Å². The quantitative estimate of drug-likeness (QED) is 0.639. The molecule has 3 nitrogen and oxygen atoms in total. The smallest absolute Gasteiger partial charge is 0.226 e. The molecule has 0 radical (unpaired) electrons. The number of imide groups is 1. The molecule has 0 aliphatic carbocycles. The molecule has 0 aromatic heterocycles. The Hall–Kier alpha value is -0.860. The Morgan fingerprint density at radius 1 is 1.17 bits per heavy atom. The van der Waals surface area contributed by atoms with Gasteiger partial charge in [-0.25, -0.2) is 0 Å². The summed E-state index contributed by atoms with van der Waals surface area (Å²) in [7, 11) is 0. The van der Waals surface area contributed by atoms with Crippen molar-refractivity contribution in [3.8, 4) is 0 Å². The number of rotatable bonds is 5. The molecule has 0 unspecified atom stereocenters. The van der Waals surface area contributed by atoms with Gasteiger partial charge in [0.1, 0.15) is 0 Å². The van der Waals surface area contributed by atoms with Gasteiger partial charge in [-0.1, -0.05) is 26.2 Å². The predicted octanol–water partition coefficient (Wildman–Crippen LogP) is 1.62. The third-order valence-electron chi connectivity index (χ3n) is 1.57. The molecular weight excluding hydrogens is 154 g/mol. The molecule has 0 aromatic rings. The summed E-state index contributed by atoms with van der Waals surface area (Å²) >= 11 is 0. The molecule has 1 N–H and O–H groups in total. The zero-order valence-corrected chi connectivity index (χ0v) is 7.85. The summed E-state index contributed by atoms with van der Waals surface area (Å²) < 4.78 is 0. The van der Waals surface area contributed by atoms with Gasteiger partial charge in [-0.05, 0) is 6.42 Å². The second-order valence-corrected chi connectivity index (χ2v) is 2.92. The standard InChI is InChI=1S/C9H17NO2/c1-3-4-5-6-7-9(12)10-8(2)11/h3-7H2,1-2H3,(H,10,11,12). The topological polar surface area (TPSA) is 46.2 Å². The first-order valence-corrected chi connectivity index (χ1v) is 4.47. The molecule has 0 saturated carbocycles. The number of unbranched alkanes of at least 4 members (excludes halogenated alkanes) is 3. The summed E-state index contributed by atoms with van der Waals surface area (Å²) in [4.78, 5) is 21.3. The van der Waals surface area contributed by atoms with Crippen LogP contribution < -0.4 is 5.32 Å². The predicted molar refractivity (Wildman–Crippen MR) is 47.6 cm³/mol. The van der Waals surface area contributed by atoms with E-state index in [0.29, 0.717) is 6.42 Å². The van der Waals surface area contributed by atoms with Crippen molar-refractivity contribution < 1.29 is 9.59 Å². The van der Waals surface area contributed by atoms with Crippen LogP contribution in [0.15, 0.2) is 0 Å². The molecule has 0 aliphatic rings. The maximum atomic E-state index is 10.9. The van der Waals surface area contributed by atoms with Crippen LogP contribution in [-0.2, 0) is 9.59 Å². The van der Waals surface area contributed by atoms with Gasteiger partial charge in [-0.2, -0.15) is 0 Å². The highest BCUT2D eigenvalue weighted by molar-refractivity contribution is 5.93. The van der Waals surface area contributed by atoms with Crippen LogP contribution in [0.4, 0.5) is 0 Å². The van der Waals surface area contributed by atoms with Gasteiger partial charge in [0.25, 0.3) is 0 Å². The van der Waals surface area contributed by atoms with Crippen molar-refractivity contribution in [3.05, 3.63) is 0 Å². The number of nitrogens with one attached hydrogen (secondary N) is 1. The first-order valence-electron chi connectivity index (χ1n) is 4.47. The van der Waals surface area contributed by atoms with Gasteiger partial charge in [0.05, 0.1) is 0 Å². The van der Waals surface area contributed by atoms with Crippen molar-refractivity contribution in [1.82, 2.24) is 5.32 Å². The van der Waals surface area contributed by atoms with Gasteiger partial charge in [0, 0.05) is 13.3 Å². The molecule has 0 spiro atoms. The van der Waals surface area contributed by atoms with E-state index in [1.807, 2.05) is 0 Å². The average molecular weight is 171 g/mol. The second kappa shape index (κ2) is 6.83. The van der Waals surface area contributed by atoms with Gasteiger partial charge >= 0.3 is 0 Å². The van der Waals surface area contributed by atoms with Gasteiger partial charge in [-0.15, -0.1) is 0 Å². The Balaban J connectivity index is 3.26. The van der Waals surface area contributed by atoms with E-state index >= 15 is 0 Å². The first kappa shape index (κ1) is 11.1. The third kappa shape index (κ3) is 7.25. The lowest BCUT2D eigenvalue weighted by Gasteiger charge is -1.99. The molecule has 3 heteroatoms. The fourth-order valence-corrected chi connectivity index (χ4v) is 0.971. The highest BCUT2D eigenvalue weighted by Crippen LogP contribution is 2.01. The lowest BCUT2D eigenvalue weighted by atomic mass is 10.1. The minimum absolute atomic E-state index is 0.154. The van der Waals surface area contributed by atoms with Gasteiger partial charge in [0.2, 0.25) is 11.8 Å². The van der Waals surface area contributed by atoms with E-state index in [9.17, 15) is 9.59 Å². The second-order valence-electron chi connectivity index (χ2n) is 2.92. The zero-order chi connectivity index (χ0) is 9.40. The molecule has 0 aliphatic heterocycles. The molecule has 12 heavy (non-hydrogen) atoms. The number of amides is 2. The highest BCUT2D eigenvalue weighted by atomic mass is 16.2. The van der Waals surface area contributed by atoms with Crippen molar-refractivity contribution in [2.75, 3.05) is 0 Å². The molecule has 0 saturated heterocycles. The van der Waals surface area contributed by atoms with Crippen LogP contribution in [0.25, 0.3) is 0 Å². The van der Waals surface area contributed by atoms with Crippen molar-refractivity contribution in [3.63, 3.8) is 0 Å². The summed E-state index contributed by atoms with van der Waals surface area (Å²) in [5, 5.41) is 2.24. The van der Waals surface area contributed by atoms with Crippen LogP contribution in [0.2, 0.25) is 0 Å². The monoisotopic (exact) mass is 171 g/mol. The minimum atomic E-state index is -0.268. The van der Waals surface area contributed by atoms with Crippen LogP contribution in [0.5, 0.6) is 0 Å². The average Bonchev–Trinajstić information content (AvgIpc) is 1.97. The Bertz CT molecular complexity index is 155. The lowest BCUT2D eigenvalue weighted by molar-refractivity contribution is -0.129. The Morgan fingerprint density at radius 2 is 1.83 bits per heavy atom. The fourth-order valence-electron chi connectivity index (χ4n) is 0.971. The normalized spacial score (nSPS) is 9.50. The SMILES string of the molecule is CCCCCCC(=O)NC(C)=O. The summed E-state index contributed by atoms with van der Waals surface area (Å²) in [6.07, 6.45) is 4.75. The van der Waals surface area contributed by atoms with Crippen LogP contribution in [-0.4, -0.2) is 11.8 Å². The molecule has 0 atom stereocenters. The van der Waals surface area contributed by atoms with E-state index in [1.165, 1.54) is 6.92 Å². The molecular formula is C9H17NO2. The molecule has 70 valence electrons. The number of carbonyl (C=O) groups excluding carboxylic acids is 2. The van der Waals surface area contributed by atoms with Crippen molar-refractivity contribution >= 4 is 11.8 Å². The maximum absolute atomic E-state index is 10.9. The molecule has 0 rings (SSSR count). The minimum Gasteiger partial charge on any atom is -0.297 e. The number of carbonyl (C=O) groups is 2. The van der Waals surface area contributed by atoms with Crippen LogP contribution in [0.1, 0.15) is 46.0 Å². The fraction of sp³-hybridized carbons (Fsp3) is 0.778. The third-order valence-corrected chi connectivity index (χ3v) is 1.57. The molecule has 2 amide bonds. The number of hydrogen-bond donors (Lipinski definition) is 1. The van der Waals surface area contributed by atoms with E-state index in [1.54, 1.807) is 0 Å². The largest absolute Gasteiger partial charge is 0.297 e. The van der Waals surface area contributed by atoms with E-state index in [2.05, 4.69) is 12.2 Å². The van der Waals surface area contributed by atoms with Crippen molar-refractivity contribution in [1.29, 1.82) is 0 Å². The Labute approximate surface area is 73.5 Å². The molecule has 0 bridgehead atoms. The van der Waals surface area contributed by atoms with Crippen molar-refractivity contribution in [2.24, 2.45) is 0 Å². The maximum Gasteiger partial charge on any atom is 0.226 e. The van der Waals surface area contributed by atoms with Gasteiger partial charge in [-0.3, -0.25) is 14.9 Å². The summed E-state index contributed by atoms with van der Waals surface area (Å²) in [6, 6.07) is 0. The van der Waals surface area contributed by atoms with Crippen LogP contribution in [0, 0.1) is 0 Å². The molecule has 0 heterocycles. The summed E-state index contributed by atoms with van der Waals surface area (Å²) in [6.45, 7) is 3.47. The Morgan fingerprint density at radius 3 is 2.33 bits per heavy atom. The van der Waals surface area contributed by atoms with Gasteiger partial charge in [0.15, 0.2) is 0 Å². The summed E-state index contributed by atoms with van der Waals surface area (Å²) in [5.74, 6) is -0.422. The molecule has 0 aromatic carbocycles. The molecule has 0 fully saturated rings. The van der Waals surface area contributed by atoms with E-state index in [0.717, 1.165) is 25.7 Å².